The summed E-state index contributed by atoms with van der Waals surface area (Å²) in [6.07, 6.45) is -2.22. The van der Waals surface area contributed by atoms with Crippen molar-refractivity contribution in [3.05, 3.63) is 0 Å². The van der Waals surface area contributed by atoms with E-state index in [-0.39, 0.29) is 24.8 Å². The van der Waals surface area contributed by atoms with E-state index in [9.17, 15) is 40.3 Å². The minimum Gasteiger partial charge on any atom is -0.371 e. The van der Waals surface area contributed by atoms with E-state index in [1.807, 2.05) is 0 Å². The maximum absolute atomic E-state index is 15.9. The van der Waals surface area contributed by atoms with Gasteiger partial charge in [0, 0.05) is 24.0 Å². The van der Waals surface area contributed by atoms with Crippen LogP contribution >= 0.6 is 0 Å². The molecule has 37 heavy (non-hydrogen) atoms. The van der Waals surface area contributed by atoms with E-state index < -0.39 is 70.0 Å². The summed E-state index contributed by atoms with van der Waals surface area (Å²) < 4.78 is 110. The zero-order valence-electron chi connectivity index (χ0n) is 20.6. The SMILES string of the molecule is O=C(N1CC2(CC2)[C@H](NS(=O)(=O)CF)[C@@H]1CC1CCCC(C2CCCCC2)C1F)C(O)(C(F)F)C(F)F. The molecule has 0 bridgehead atoms. The number of carbonyl (C=O) groups is 1. The first-order valence-electron chi connectivity index (χ1n) is 13.2. The molecule has 0 aromatic heterocycles. The number of sulfonamides is 1. The van der Waals surface area contributed by atoms with Gasteiger partial charge in [0.15, 0.2) is 0 Å². The lowest BCUT2D eigenvalue weighted by molar-refractivity contribution is -0.200. The summed E-state index contributed by atoms with van der Waals surface area (Å²) >= 11 is 0. The second-order valence-electron chi connectivity index (χ2n) is 11.5. The van der Waals surface area contributed by atoms with Crippen molar-refractivity contribution >= 4 is 15.9 Å². The van der Waals surface area contributed by atoms with Crippen molar-refractivity contribution in [3.8, 4) is 0 Å². The number of halogens is 6. The Morgan fingerprint density at radius 2 is 1.65 bits per heavy atom. The monoisotopic (exact) mass is 562 g/mol. The molecule has 3 aliphatic carbocycles. The van der Waals surface area contributed by atoms with Crippen molar-refractivity contribution in [3.63, 3.8) is 0 Å². The number of hydrogen-bond acceptors (Lipinski definition) is 4. The van der Waals surface area contributed by atoms with Crippen LogP contribution in [0.5, 0.6) is 0 Å². The minimum atomic E-state index is -4.47. The lowest BCUT2D eigenvalue weighted by atomic mass is 9.68. The molecule has 4 fully saturated rings. The van der Waals surface area contributed by atoms with Gasteiger partial charge in [-0.15, -0.1) is 0 Å². The predicted molar refractivity (Wildman–Crippen MR) is 123 cm³/mol. The number of nitrogens with zero attached hydrogens (tertiary/aromatic N) is 1. The fourth-order valence-electron chi connectivity index (χ4n) is 7.10. The Morgan fingerprint density at radius 1 is 1.03 bits per heavy atom. The standard InChI is InChI=1S/C24H36F6N2O4S/c25-13-37(35,36)31-19-17(11-15-7-4-8-16(18(15)26)14-5-2-1-3-6-14)32(12-23(19)9-10-23)22(33)24(34,20(27)28)21(29)30/h14-21,31,34H,1-13H2/t15?,16?,17-,18?,19+/m0/s1. The third-order valence-electron chi connectivity index (χ3n) is 9.31. The molecule has 3 unspecified atom stereocenters. The number of alkyl halides is 6. The zero-order valence-corrected chi connectivity index (χ0v) is 21.4. The summed E-state index contributed by atoms with van der Waals surface area (Å²) in [4.78, 5) is 13.8. The van der Waals surface area contributed by atoms with Crippen LogP contribution in [0.4, 0.5) is 26.3 Å². The van der Waals surface area contributed by atoms with Crippen molar-refractivity contribution < 1.29 is 44.7 Å². The van der Waals surface area contributed by atoms with Crippen LogP contribution in [0.1, 0.15) is 70.6 Å². The fourth-order valence-corrected chi connectivity index (χ4v) is 7.96. The Kier molecular flexibility index (Phi) is 8.46. The number of rotatable bonds is 9. The molecule has 13 heteroatoms. The Hall–Kier alpha value is -1.08. The van der Waals surface area contributed by atoms with E-state index >= 15 is 4.39 Å². The fraction of sp³-hybridized carbons (Fsp3) is 0.958. The molecule has 4 aliphatic rings. The van der Waals surface area contributed by atoms with Gasteiger partial charge in [-0.05, 0) is 49.9 Å². The first kappa shape index (κ1) is 28.9. The molecule has 1 aliphatic heterocycles. The summed E-state index contributed by atoms with van der Waals surface area (Å²) in [5.74, 6) is -2.59. The Labute approximate surface area is 213 Å². The van der Waals surface area contributed by atoms with Gasteiger partial charge >= 0.3 is 0 Å². The Morgan fingerprint density at radius 3 is 2.19 bits per heavy atom. The van der Waals surface area contributed by atoms with Gasteiger partial charge < -0.3 is 10.0 Å². The molecule has 0 radical (unpaired) electrons. The summed E-state index contributed by atoms with van der Waals surface area (Å²) in [6.45, 7) is -0.354. The second-order valence-corrected chi connectivity index (χ2v) is 13.2. The van der Waals surface area contributed by atoms with Crippen LogP contribution in [-0.2, 0) is 14.8 Å². The quantitative estimate of drug-likeness (QED) is 0.413. The molecule has 0 aromatic carbocycles. The van der Waals surface area contributed by atoms with E-state index in [1.54, 1.807) is 0 Å². The van der Waals surface area contributed by atoms with E-state index in [0.29, 0.717) is 37.0 Å². The summed E-state index contributed by atoms with van der Waals surface area (Å²) in [5.41, 5.74) is -5.24. The summed E-state index contributed by atoms with van der Waals surface area (Å²) in [7, 11) is -4.47. The van der Waals surface area contributed by atoms with Crippen LogP contribution in [0.3, 0.4) is 0 Å². The minimum absolute atomic E-state index is 0.153. The van der Waals surface area contributed by atoms with E-state index in [4.69, 9.17) is 0 Å². The van der Waals surface area contributed by atoms with Gasteiger partial charge in [-0.25, -0.2) is 39.5 Å². The van der Waals surface area contributed by atoms with Crippen LogP contribution in [0.25, 0.3) is 0 Å². The molecule has 1 heterocycles. The maximum atomic E-state index is 15.9. The van der Waals surface area contributed by atoms with Gasteiger partial charge in [-0.2, -0.15) is 0 Å². The molecule has 6 nitrogen and oxygen atoms in total. The van der Waals surface area contributed by atoms with Crippen molar-refractivity contribution in [2.45, 2.75) is 107 Å². The third-order valence-corrected chi connectivity index (χ3v) is 10.2. The van der Waals surface area contributed by atoms with Crippen LogP contribution in [-0.4, -0.2) is 73.6 Å². The molecule has 214 valence electrons. The molecular formula is C24H36F6N2O4S. The Bertz CT molecular complexity index is 920. The van der Waals surface area contributed by atoms with E-state index in [1.165, 1.54) is 0 Å². The van der Waals surface area contributed by atoms with Crippen LogP contribution in [0.2, 0.25) is 0 Å². The lowest BCUT2D eigenvalue weighted by Gasteiger charge is -2.42. The normalized spacial score (nSPS) is 33.0. The molecule has 3 saturated carbocycles. The number of amides is 1. The molecule has 4 rings (SSSR count). The molecule has 1 saturated heterocycles. The van der Waals surface area contributed by atoms with Crippen molar-refractivity contribution in [1.82, 2.24) is 9.62 Å². The van der Waals surface area contributed by atoms with Gasteiger partial charge in [-0.3, -0.25) is 4.79 Å². The zero-order chi connectivity index (χ0) is 27.2. The molecule has 5 atom stereocenters. The van der Waals surface area contributed by atoms with Crippen LogP contribution in [0, 0.1) is 23.2 Å². The van der Waals surface area contributed by atoms with E-state index in [0.717, 1.165) is 32.1 Å². The third kappa shape index (κ3) is 5.50. The number of aliphatic hydroxyl groups is 1. The average Bonchev–Trinajstić information content (AvgIpc) is 3.59. The van der Waals surface area contributed by atoms with Gasteiger partial charge in [0.1, 0.15) is 6.17 Å². The van der Waals surface area contributed by atoms with Gasteiger partial charge in [-0.1, -0.05) is 38.5 Å². The first-order chi connectivity index (χ1) is 17.4. The number of hydrogen-bond donors (Lipinski definition) is 2. The van der Waals surface area contributed by atoms with Crippen LogP contribution < -0.4 is 4.72 Å². The molecule has 2 N–H and O–H groups in total. The second kappa shape index (κ2) is 10.8. The summed E-state index contributed by atoms with van der Waals surface area (Å²) in [6, 6.07) is -4.19. The topological polar surface area (TPSA) is 86.7 Å². The van der Waals surface area contributed by atoms with Gasteiger partial charge in [0.2, 0.25) is 16.0 Å². The molecule has 1 spiro atoms. The highest BCUT2D eigenvalue weighted by atomic mass is 32.2. The molecule has 1 amide bonds. The van der Waals surface area contributed by atoms with Crippen molar-refractivity contribution in [2.75, 3.05) is 12.6 Å². The largest absolute Gasteiger partial charge is 0.371 e. The lowest BCUT2D eigenvalue weighted by Crippen LogP contribution is -2.61. The van der Waals surface area contributed by atoms with Gasteiger partial charge in [0.05, 0.1) is 0 Å². The van der Waals surface area contributed by atoms with Gasteiger partial charge in [0.25, 0.3) is 24.4 Å². The van der Waals surface area contributed by atoms with Crippen molar-refractivity contribution in [2.24, 2.45) is 23.2 Å². The number of carbonyl (C=O) groups excluding carboxylic acids is 1. The average molecular weight is 563 g/mol. The van der Waals surface area contributed by atoms with E-state index in [2.05, 4.69) is 4.72 Å². The summed E-state index contributed by atoms with van der Waals surface area (Å²) in [5, 5.41) is 10.1. The first-order valence-corrected chi connectivity index (χ1v) is 14.8. The predicted octanol–water partition coefficient (Wildman–Crippen LogP) is 4.18. The number of likely N-dealkylation sites (tertiary alicyclic amines) is 1. The Balaban J connectivity index is 1.64. The maximum Gasteiger partial charge on any atom is 0.281 e. The highest BCUT2D eigenvalue weighted by molar-refractivity contribution is 7.89. The number of nitrogens with one attached hydrogen (secondary N) is 1. The highest BCUT2D eigenvalue weighted by Crippen LogP contribution is 2.57. The molecule has 0 aromatic rings. The molecular weight excluding hydrogens is 526 g/mol. The van der Waals surface area contributed by atoms with Crippen LogP contribution in [0.15, 0.2) is 0 Å². The van der Waals surface area contributed by atoms with Crippen molar-refractivity contribution in [1.29, 1.82) is 0 Å². The highest BCUT2D eigenvalue weighted by Gasteiger charge is 2.66. The smallest absolute Gasteiger partial charge is 0.281 e.